The van der Waals surface area contributed by atoms with Crippen LogP contribution in [0.3, 0.4) is 0 Å². The van der Waals surface area contributed by atoms with Gasteiger partial charge in [0.25, 0.3) is 5.56 Å². The molecule has 0 amide bonds. The number of hydrogen-bond acceptors (Lipinski definition) is 6. The van der Waals surface area contributed by atoms with E-state index >= 15 is 0 Å². The Labute approximate surface area is 165 Å². The van der Waals surface area contributed by atoms with Crippen LogP contribution in [0.1, 0.15) is 43.7 Å². The van der Waals surface area contributed by atoms with Crippen LogP contribution in [0.25, 0.3) is 11.0 Å². The Kier molecular flexibility index (Phi) is 5.13. The standard InChI is InChI=1S/C19H27N5O3S/c1-14-12-17(25)24(15-6-3-4-7-15)18-16(14)13-20-19(21-18)22-8-5-9-23(11-10-22)28(2,26)27/h12-13,15H,3-11H2,1-2H3. The number of sulfonamides is 1. The third-order valence-electron chi connectivity index (χ3n) is 5.88. The van der Waals surface area contributed by atoms with E-state index in [0.717, 1.165) is 43.1 Å². The number of rotatable bonds is 3. The summed E-state index contributed by atoms with van der Waals surface area (Å²) in [5, 5.41) is 0.905. The SMILES string of the molecule is Cc1cc(=O)n(C2CCCC2)c2nc(N3CCCN(S(C)(=O)=O)CC3)ncc12. The van der Waals surface area contributed by atoms with Crippen molar-refractivity contribution in [2.24, 2.45) is 0 Å². The number of aryl methyl sites for hydroxylation is 1. The van der Waals surface area contributed by atoms with Gasteiger partial charge in [0.05, 0.1) is 6.26 Å². The zero-order valence-corrected chi connectivity index (χ0v) is 17.3. The smallest absolute Gasteiger partial charge is 0.252 e. The van der Waals surface area contributed by atoms with Gasteiger partial charge in [-0.05, 0) is 31.7 Å². The third kappa shape index (κ3) is 3.65. The first-order valence-corrected chi connectivity index (χ1v) is 11.8. The predicted molar refractivity (Wildman–Crippen MR) is 109 cm³/mol. The van der Waals surface area contributed by atoms with Gasteiger partial charge in [0.15, 0.2) is 0 Å². The minimum absolute atomic E-state index is 0.000618. The van der Waals surface area contributed by atoms with E-state index in [-0.39, 0.29) is 11.6 Å². The number of nitrogens with zero attached hydrogens (tertiary/aromatic N) is 5. The molecular formula is C19H27N5O3S. The molecular weight excluding hydrogens is 378 g/mol. The predicted octanol–water partition coefficient (Wildman–Crippen LogP) is 1.69. The molecule has 0 aromatic carbocycles. The van der Waals surface area contributed by atoms with Crippen LogP contribution in [0.4, 0.5) is 5.95 Å². The van der Waals surface area contributed by atoms with Crippen LogP contribution in [0.5, 0.6) is 0 Å². The average molecular weight is 406 g/mol. The topological polar surface area (TPSA) is 88.4 Å². The highest BCUT2D eigenvalue weighted by Crippen LogP contribution is 2.31. The van der Waals surface area contributed by atoms with Crippen molar-refractivity contribution in [2.45, 2.75) is 45.1 Å². The molecule has 2 aromatic heterocycles. The lowest BCUT2D eigenvalue weighted by atomic mass is 10.1. The summed E-state index contributed by atoms with van der Waals surface area (Å²) in [6, 6.07) is 1.88. The highest BCUT2D eigenvalue weighted by molar-refractivity contribution is 7.88. The van der Waals surface area contributed by atoms with Crippen molar-refractivity contribution in [3.8, 4) is 0 Å². The van der Waals surface area contributed by atoms with Crippen molar-refractivity contribution < 1.29 is 8.42 Å². The second-order valence-corrected chi connectivity index (χ2v) is 9.87. The van der Waals surface area contributed by atoms with E-state index < -0.39 is 10.0 Å². The maximum Gasteiger partial charge on any atom is 0.252 e. The Bertz CT molecular complexity index is 1040. The van der Waals surface area contributed by atoms with Gasteiger partial charge in [-0.15, -0.1) is 0 Å². The van der Waals surface area contributed by atoms with Gasteiger partial charge in [-0.2, -0.15) is 4.98 Å². The first kappa shape index (κ1) is 19.3. The van der Waals surface area contributed by atoms with Crippen molar-refractivity contribution in [1.82, 2.24) is 18.8 Å². The molecule has 3 heterocycles. The Morgan fingerprint density at radius 3 is 2.54 bits per heavy atom. The van der Waals surface area contributed by atoms with Crippen LogP contribution >= 0.6 is 0 Å². The van der Waals surface area contributed by atoms with Gasteiger partial charge in [-0.1, -0.05) is 12.8 Å². The number of aromatic nitrogens is 3. The second-order valence-electron chi connectivity index (χ2n) is 7.88. The number of pyridine rings is 1. The van der Waals surface area contributed by atoms with E-state index in [1.54, 1.807) is 12.3 Å². The molecule has 2 aromatic rings. The zero-order chi connectivity index (χ0) is 19.9. The molecule has 1 aliphatic carbocycles. The lowest BCUT2D eigenvalue weighted by Crippen LogP contribution is -2.35. The minimum atomic E-state index is -3.20. The fourth-order valence-electron chi connectivity index (χ4n) is 4.36. The average Bonchev–Trinajstić information content (AvgIpc) is 3.03. The quantitative estimate of drug-likeness (QED) is 0.772. The lowest BCUT2D eigenvalue weighted by molar-refractivity contribution is 0.437. The van der Waals surface area contributed by atoms with Crippen LogP contribution in [0.2, 0.25) is 0 Å². The van der Waals surface area contributed by atoms with Crippen molar-refractivity contribution in [2.75, 3.05) is 37.3 Å². The zero-order valence-electron chi connectivity index (χ0n) is 16.5. The molecule has 0 spiro atoms. The van der Waals surface area contributed by atoms with Gasteiger partial charge in [0.1, 0.15) is 5.65 Å². The molecule has 28 heavy (non-hydrogen) atoms. The van der Waals surface area contributed by atoms with Gasteiger partial charge in [0.2, 0.25) is 16.0 Å². The molecule has 0 bridgehead atoms. The molecule has 0 N–H and O–H groups in total. The van der Waals surface area contributed by atoms with Crippen LogP contribution in [-0.4, -0.2) is 59.7 Å². The Morgan fingerprint density at radius 1 is 1.07 bits per heavy atom. The molecule has 1 saturated carbocycles. The molecule has 1 saturated heterocycles. The molecule has 1 aliphatic heterocycles. The molecule has 2 fully saturated rings. The van der Waals surface area contributed by atoms with E-state index in [4.69, 9.17) is 4.98 Å². The van der Waals surface area contributed by atoms with Crippen LogP contribution in [0, 0.1) is 6.92 Å². The van der Waals surface area contributed by atoms with Crippen LogP contribution in [-0.2, 0) is 10.0 Å². The summed E-state index contributed by atoms with van der Waals surface area (Å²) in [5.74, 6) is 0.569. The highest BCUT2D eigenvalue weighted by Gasteiger charge is 2.25. The maximum atomic E-state index is 12.8. The summed E-state index contributed by atoms with van der Waals surface area (Å²) < 4.78 is 27.1. The molecule has 2 aliphatic rings. The second kappa shape index (κ2) is 7.44. The lowest BCUT2D eigenvalue weighted by Gasteiger charge is -2.22. The fraction of sp³-hybridized carbons (Fsp3) is 0.632. The fourth-order valence-corrected chi connectivity index (χ4v) is 5.23. The van der Waals surface area contributed by atoms with Crippen LogP contribution < -0.4 is 10.5 Å². The molecule has 4 rings (SSSR count). The van der Waals surface area contributed by atoms with E-state index in [1.165, 1.54) is 10.6 Å². The summed E-state index contributed by atoms with van der Waals surface area (Å²) in [4.78, 5) is 24.1. The first-order valence-electron chi connectivity index (χ1n) is 9.93. The van der Waals surface area contributed by atoms with Gasteiger partial charge in [-0.3, -0.25) is 9.36 Å². The summed E-state index contributed by atoms with van der Waals surface area (Å²) in [7, 11) is -3.20. The van der Waals surface area contributed by atoms with Gasteiger partial charge >= 0.3 is 0 Å². The Balaban J connectivity index is 1.73. The number of anilines is 1. The minimum Gasteiger partial charge on any atom is -0.339 e. The first-order chi connectivity index (χ1) is 13.3. The van der Waals surface area contributed by atoms with E-state index in [9.17, 15) is 13.2 Å². The normalized spacial score (nSPS) is 20.0. The number of fused-ring (bicyclic) bond motifs is 1. The summed E-state index contributed by atoms with van der Waals surface area (Å²) in [6.07, 6.45) is 8.05. The molecule has 0 radical (unpaired) electrons. The van der Waals surface area contributed by atoms with Crippen molar-refractivity contribution in [3.63, 3.8) is 0 Å². The molecule has 8 nitrogen and oxygen atoms in total. The van der Waals surface area contributed by atoms with Gasteiger partial charge < -0.3 is 4.90 Å². The molecule has 0 atom stereocenters. The number of hydrogen-bond donors (Lipinski definition) is 0. The van der Waals surface area contributed by atoms with E-state index in [2.05, 4.69) is 4.98 Å². The van der Waals surface area contributed by atoms with Gasteiger partial charge in [0, 0.05) is 49.9 Å². The molecule has 9 heteroatoms. The molecule has 0 unspecified atom stereocenters. The maximum absolute atomic E-state index is 12.8. The van der Waals surface area contributed by atoms with Crippen molar-refractivity contribution in [3.05, 3.63) is 28.2 Å². The Hall–Kier alpha value is -2.00. The summed E-state index contributed by atoms with van der Waals surface area (Å²) in [5.41, 5.74) is 1.59. The highest BCUT2D eigenvalue weighted by atomic mass is 32.2. The third-order valence-corrected chi connectivity index (χ3v) is 7.19. The summed E-state index contributed by atoms with van der Waals surface area (Å²) in [6.45, 7) is 4.08. The van der Waals surface area contributed by atoms with Crippen molar-refractivity contribution >= 4 is 27.0 Å². The monoisotopic (exact) mass is 405 g/mol. The largest absolute Gasteiger partial charge is 0.339 e. The summed E-state index contributed by atoms with van der Waals surface area (Å²) >= 11 is 0. The van der Waals surface area contributed by atoms with Gasteiger partial charge in [-0.25, -0.2) is 17.7 Å². The van der Waals surface area contributed by atoms with E-state index in [1.807, 2.05) is 16.4 Å². The Morgan fingerprint density at radius 2 is 1.82 bits per heavy atom. The molecule has 152 valence electrons. The van der Waals surface area contributed by atoms with Crippen molar-refractivity contribution in [1.29, 1.82) is 0 Å². The van der Waals surface area contributed by atoms with E-state index in [0.29, 0.717) is 37.8 Å². The van der Waals surface area contributed by atoms with Crippen LogP contribution in [0.15, 0.2) is 17.1 Å².